The standard InChI is InChI=1S/C20H25N5O4/c1-12-18(27)15(9-28-17(26)8-13-4-2-3-5-13)29-20(12,10-21)16-7-6-14-19(22)23-11-24-25(14)16/h6-7,11-13,15,18,27H,2-5,8-9H2,1H3,(H2,22,23,24)/t12-,15-,18+,20-/m1/s1. The van der Waals surface area contributed by atoms with Crippen LogP contribution in [0.15, 0.2) is 18.5 Å². The number of carbonyl (C=O) groups excluding carboxylic acids is 1. The fraction of sp³-hybridized carbons (Fsp3) is 0.600. The Kier molecular flexibility index (Phi) is 5.15. The zero-order valence-corrected chi connectivity index (χ0v) is 16.3. The number of hydrogen-bond acceptors (Lipinski definition) is 8. The summed E-state index contributed by atoms with van der Waals surface area (Å²) in [5.74, 6) is -0.196. The average molecular weight is 399 g/mol. The fourth-order valence-electron chi connectivity index (χ4n) is 4.51. The summed E-state index contributed by atoms with van der Waals surface area (Å²) in [5, 5.41) is 24.9. The van der Waals surface area contributed by atoms with Gasteiger partial charge in [-0.2, -0.15) is 10.4 Å². The molecule has 1 aliphatic carbocycles. The van der Waals surface area contributed by atoms with Crippen LogP contribution >= 0.6 is 0 Å². The van der Waals surface area contributed by atoms with E-state index < -0.39 is 23.7 Å². The van der Waals surface area contributed by atoms with Crippen LogP contribution in [-0.4, -0.2) is 44.5 Å². The minimum atomic E-state index is -1.45. The fourth-order valence-corrected chi connectivity index (χ4v) is 4.51. The van der Waals surface area contributed by atoms with Crippen LogP contribution in [0.2, 0.25) is 0 Å². The third kappa shape index (κ3) is 3.32. The topological polar surface area (TPSA) is 136 Å². The van der Waals surface area contributed by atoms with Gasteiger partial charge in [-0.3, -0.25) is 4.79 Å². The van der Waals surface area contributed by atoms with Gasteiger partial charge in [0.15, 0.2) is 5.82 Å². The van der Waals surface area contributed by atoms with E-state index in [1.165, 1.54) is 10.8 Å². The van der Waals surface area contributed by atoms with Crippen molar-refractivity contribution in [2.24, 2.45) is 11.8 Å². The van der Waals surface area contributed by atoms with Crippen LogP contribution in [-0.2, 0) is 19.9 Å². The van der Waals surface area contributed by atoms with Gasteiger partial charge in [-0.15, -0.1) is 0 Å². The lowest BCUT2D eigenvalue weighted by atomic mass is 9.85. The maximum Gasteiger partial charge on any atom is 0.306 e. The number of nitrogen functional groups attached to an aromatic ring is 1. The Hall–Kier alpha value is -2.70. The molecule has 1 saturated carbocycles. The van der Waals surface area contributed by atoms with Crippen molar-refractivity contribution in [3.05, 3.63) is 24.2 Å². The molecule has 3 heterocycles. The number of hydrogen-bond donors (Lipinski definition) is 2. The number of nitrogens with two attached hydrogens (primary N) is 1. The quantitative estimate of drug-likeness (QED) is 0.723. The highest BCUT2D eigenvalue weighted by atomic mass is 16.6. The van der Waals surface area contributed by atoms with Crippen LogP contribution in [0.5, 0.6) is 0 Å². The molecule has 0 radical (unpaired) electrons. The molecule has 9 heteroatoms. The van der Waals surface area contributed by atoms with Gasteiger partial charge in [-0.25, -0.2) is 9.50 Å². The summed E-state index contributed by atoms with van der Waals surface area (Å²) in [7, 11) is 0. The molecule has 2 aliphatic rings. The van der Waals surface area contributed by atoms with Crippen molar-refractivity contribution in [2.75, 3.05) is 12.3 Å². The van der Waals surface area contributed by atoms with Gasteiger partial charge in [0.05, 0.1) is 11.8 Å². The summed E-state index contributed by atoms with van der Waals surface area (Å²) in [6.45, 7) is 1.64. The van der Waals surface area contributed by atoms with Gasteiger partial charge >= 0.3 is 5.97 Å². The molecule has 1 saturated heterocycles. The number of fused-ring (bicyclic) bond motifs is 1. The van der Waals surface area contributed by atoms with E-state index in [1.807, 2.05) is 0 Å². The second-order valence-electron chi connectivity index (χ2n) is 7.98. The molecular formula is C20H25N5O4. The monoisotopic (exact) mass is 399 g/mol. The summed E-state index contributed by atoms with van der Waals surface area (Å²) in [4.78, 5) is 16.1. The number of esters is 1. The number of nitriles is 1. The average Bonchev–Trinajstić information content (AvgIpc) is 3.42. The molecule has 0 spiro atoms. The van der Waals surface area contributed by atoms with Crippen molar-refractivity contribution in [3.8, 4) is 6.07 Å². The maximum atomic E-state index is 12.2. The first-order chi connectivity index (χ1) is 14.0. The highest BCUT2D eigenvalue weighted by Gasteiger charge is 2.56. The molecule has 9 nitrogen and oxygen atoms in total. The van der Waals surface area contributed by atoms with E-state index in [-0.39, 0.29) is 18.4 Å². The molecule has 4 atom stereocenters. The van der Waals surface area contributed by atoms with Gasteiger partial charge in [0.1, 0.15) is 30.6 Å². The van der Waals surface area contributed by atoms with Crippen LogP contribution in [0.1, 0.15) is 44.7 Å². The van der Waals surface area contributed by atoms with Crippen molar-refractivity contribution >= 4 is 17.3 Å². The molecule has 0 bridgehead atoms. The van der Waals surface area contributed by atoms with E-state index in [9.17, 15) is 15.2 Å². The van der Waals surface area contributed by atoms with Crippen molar-refractivity contribution in [2.45, 2.75) is 56.8 Å². The molecule has 0 unspecified atom stereocenters. The molecule has 0 amide bonds. The Bertz CT molecular complexity index is 948. The number of aromatic nitrogens is 3. The SMILES string of the molecule is C[C@@H]1[C@H](O)[C@@H](COC(=O)CC2CCCC2)O[C@@]1(C#N)c1ccc2c(N)ncnn12. The van der Waals surface area contributed by atoms with Crippen LogP contribution in [0.3, 0.4) is 0 Å². The Morgan fingerprint density at radius 3 is 2.97 bits per heavy atom. The zero-order valence-electron chi connectivity index (χ0n) is 16.3. The van der Waals surface area contributed by atoms with E-state index in [0.717, 1.165) is 25.7 Å². The summed E-state index contributed by atoms with van der Waals surface area (Å²) in [5.41, 5.74) is 5.44. The molecule has 3 N–H and O–H groups in total. The maximum absolute atomic E-state index is 12.2. The first-order valence-corrected chi connectivity index (χ1v) is 9.97. The molecule has 1 aliphatic heterocycles. The number of ether oxygens (including phenoxy) is 2. The molecule has 4 rings (SSSR count). The Morgan fingerprint density at radius 1 is 1.48 bits per heavy atom. The molecule has 2 fully saturated rings. The predicted octanol–water partition coefficient (Wildman–Crippen LogP) is 1.55. The highest BCUT2D eigenvalue weighted by Crippen LogP contribution is 2.44. The summed E-state index contributed by atoms with van der Waals surface area (Å²) >= 11 is 0. The van der Waals surface area contributed by atoms with Crippen molar-refractivity contribution < 1.29 is 19.4 Å². The third-order valence-electron chi connectivity index (χ3n) is 6.24. The van der Waals surface area contributed by atoms with E-state index in [1.54, 1.807) is 19.1 Å². The van der Waals surface area contributed by atoms with Crippen LogP contribution in [0.25, 0.3) is 5.52 Å². The Balaban J connectivity index is 1.52. The number of nitrogens with zero attached hydrogens (tertiary/aromatic N) is 4. The summed E-state index contributed by atoms with van der Waals surface area (Å²) in [6.07, 6.45) is 4.34. The minimum absolute atomic E-state index is 0.0963. The Labute approximate surface area is 168 Å². The highest BCUT2D eigenvalue weighted by molar-refractivity contribution is 5.69. The van der Waals surface area contributed by atoms with Crippen molar-refractivity contribution in [3.63, 3.8) is 0 Å². The normalized spacial score (nSPS) is 29.9. The van der Waals surface area contributed by atoms with Crippen molar-refractivity contribution in [1.82, 2.24) is 14.6 Å². The first-order valence-electron chi connectivity index (χ1n) is 9.97. The Morgan fingerprint density at radius 2 is 2.24 bits per heavy atom. The predicted molar refractivity (Wildman–Crippen MR) is 102 cm³/mol. The van der Waals surface area contributed by atoms with Gasteiger partial charge in [-0.05, 0) is 30.9 Å². The summed E-state index contributed by atoms with van der Waals surface area (Å²) in [6, 6.07) is 5.61. The molecule has 2 aromatic heterocycles. The van der Waals surface area contributed by atoms with Gasteiger partial charge in [0.25, 0.3) is 0 Å². The van der Waals surface area contributed by atoms with E-state index in [0.29, 0.717) is 23.5 Å². The lowest BCUT2D eigenvalue weighted by molar-refractivity contribution is -0.151. The number of rotatable bonds is 5. The van der Waals surface area contributed by atoms with Gasteiger partial charge in [-0.1, -0.05) is 19.8 Å². The first kappa shape index (κ1) is 19.6. The second-order valence-corrected chi connectivity index (χ2v) is 7.98. The van der Waals surface area contributed by atoms with E-state index >= 15 is 0 Å². The molecular weight excluding hydrogens is 374 g/mol. The molecule has 0 aromatic carbocycles. The van der Waals surface area contributed by atoms with Crippen molar-refractivity contribution in [1.29, 1.82) is 5.26 Å². The van der Waals surface area contributed by atoms with Crippen LogP contribution in [0.4, 0.5) is 5.82 Å². The molecule has 154 valence electrons. The second kappa shape index (κ2) is 7.61. The third-order valence-corrected chi connectivity index (χ3v) is 6.24. The minimum Gasteiger partial charge on any atom is -0.463 e. The van der Waals surface area contributed by atoms with Crippen LogP contribution in [0, 0.1) is 23.2 Å². The zero-order chi connectivity index (χ0) is 20.6. The number of aliphatic hydroxyl groups excluding tert-OH is 1. The lowest BCUT2D eigenvalue weighted by Gasteiger charge is -2.25. The molecule has 29 heavy (non-hydrogen) atoms. The number of anilines is 1. The van der Waals surface area contributed by atoms with Gasteiger partial charge in [0.2, 0.25) is 5.60 Å². The van der Waals surface area contributed by atoms with E-state index in [4.69, 9.17) is 15.2 Å². The van der Waals surface area contributed by atoms with Crippen LogP contribution < -0.4 is 5.73 Å². The van der Waals surface area contributed by atoms with E-state index in [2.05, 4.69) is 16.2 Å². The number of carbonyl (C=O) groups is 1. The number of aliphatic hydroxyl groups is 1. The lowest BCUT2D eigenvalue weighted by Crippen LogP contribution is -2.34. The smallest absolute Gasteiger partial charge is 0.306 e. The molecule has 2 aromatic rings. The summed E-state index contributed by atoms with van der Waals surface area (Å²) < 4.78 is 12.9. The largest absolute Gasteiger partial charge is 0.463 e. The van der Waals surface area contributed by atoms with Gasteiger partial charge in [0, 0.05) is 12.3 Å². The van der Waals surface area contributed by atoms with Gasteiger partial charge < -0.3 is 20.3 Å².